The number of carbonyl (C=O) groups is 2. The van der Waals surface area contributed by atoms with Crippen LogP contribution in [0.15, 0.2) is 42.6 Å². The minimum atomic E-state index is -0.971. The normalized spacial score (nSPS) is 14.2. The summed E-state index contributed by atoms with van der Waals surface area (Å²) in [6.07, 6.45) is 1.67. The van der Waals surface area contributed by atoms with Crippen LogP contribution in [0.1, 0.15) is 26.3 Å². The number of amides is 1. The Kier molecular flexibility index (Phi) is 5.25. The van der Waals surface area contributed by atoms with Crippen molar-refractivity contribution in [3.8, 4) is 0 Å². The van der Waals surface area contributed by atoms with Crippen LogP contribution in [0.2, 0.25) is 0 Å². The lowest BCUT2D eigenvalue weighted by molar-refractivity contribution is 0.0696. The number of carbonyl (C=O) groups excluding carboxylic acids is 1. The van der Waals surface area contributed by atoms with Gasteiger partial charge in [0.15, 0.2) is 0 Å². The van der Waals surface area contributed by atoms with E-state index in [-0.39, 0.29) is 11.5 Å². The third-order valence-corrected chi connectivity index (χ3v) is 4.00. The summed E-state index contributed by atoms with van der Waals surface area (Å²) in [6.45, 7) is 2.96. The molecular formula is C18H19N3O4. The standard InChI is InChI=1S/C18H19N3O4/c22-17(20-12-13-3-5-14(6-4-13)18(23)24)15-2-1-7-19-16(15)21-8-10-25-11-9-21/h1-7H,8-12H2,(H,20,22)(H,23,24). The first-order valence-corrected chi connectivity index (χ1v) is 8.03. The average Bonchev–Trinajstić information content (AvgIpc) is 2.67. The predicted octanol–water partition coefficient (Wildman–Crippen LogP) is 1.55. The van der Waals surface area contributed by atoms with Crippen molar-refractivity contribution in [3.63, 3.8) is 0 Å². The van der Waals surface area contributed by atoms with E-state index in [1.165, 1.54) is 12.1 Å². The van der Waals surface area contributed by atoms with Crippen molar-refractivity contribution in [1.29, 1.82) is 0 Å². The van der Waals surface area contributed by atoms with Gasteiger partial charge in [0, 0.05) is 25.8 Å². The van der Waals surface area contributed by atoms with Crippen molar-refractivity contribution in [2.75, 3.05) is 31.2 Å². The highest BCUT2D eigenvalue weighted by atomic mass is 16.5. The van der Waals surface area contributed by atoms with E-state index in [4.69, 9.17) is 9.84 Å². The molecule has 1 saturated heterocycles. The summed E-state index contributed by atoms with van der Waals surface area (Å²) in [6, 6.07) is 9.91. The third kappa shape index (κ3) is 4.13. The summed E-state index contributed by atoms with van der Waals surface area (Å²) >= 11 is 0. The number of nitrogens with zero attached hydrogens (tertiary/aromatic N) is 2. The first kappa shape index (κ1) is 16.9. The quantitative estimate of drug-likeness (QED) is 0.857. The Balaban J connectivity index is 1.68. The molecule has 0 saturated carbocycles. The first-order valence-electron chi connectivity index (χ1n) is 8.03. The Morgan fingerprint density at radius 1 is 1.16 bits per heavy atom. The van der Waals surface area contributed by atoms with Crippen molar-refractivity contribution in [2.45, 2.75) is 6.54 Å². The van der Waals surface area contributed by atoms with Crippen molar-refractivity contribution in [1.82, 2.24) is 10.3 Å². The number of nitrogens with one attached hydrogen (secondary N) is 1. The zero-order chi connectivity index (χ0) is 17.6. The first-order chi connectivity index (χ1) is 12.1. The number of anilines is 1. The number of pyridine rings is 1. The number of aromatic nitrogens is 1. The number of benzene rings is 1. The highest BCUT2D eigenvalue weighted by Gasteiger charge is 2.19. The van der Waals surface area contributed by atoms with E-state index in [1.807, 2.05) is 4.90 Å². The number of carboxylic acid groups (broad SMARTS) is 1. The maximum atomic E-state index is 12.6. The lowest BCUT2D eigenvalue weighted by Gasteiger charge is -2.29. The Bertz CT molecular complexity index is 755. The van der Waals surface area contributed by atoms with Crippen molar-refractivity contribution in [2.24, 2.45) is 0 Å². The van der Waals surface area contributed by atoms with Crippen LogP contribution in [0.4, 0.5) is 5.82 Å². The second-order valence-corrected chi connectivity index (χ2v) is 5.66. The molecule has 2 N–H and O–H groups in total. The van der Waals surface area contributed by atoms with E-state index in [1.54, 1.807) is 30.5 Å². The number of rotatable bonds is 5. The number of hydrogen-bond acceptors (Lipinski definition) is 5. The molecule has 1 aliphatic heterocycles. The van der Waals surface area contributed by atoms with Crippen molar-refractivity contribution >= 4 is 17.7 Å². The van der Waals surface area contributed by atoms with E-state index in [9.17, 15) is 9.59 Å². The van der Waals surface area contributed by atoms with Gasteiger partial charge < -0.3 is 20.1 Å². The number of carboxylic acids is 1. The monoisotopic (exact) mass is 341 g/mol. The van der Waals surface area contributed by atoms with Gasteiger partial charge in [-0.05, 0) is 29.8 Å². The molecule has 0 aliphatic carbocycles. The highest BCUT2D eigenvalue weighted by Crippen LogP contribution is 2.18. The number of morpholine rings is 1. The molecular weight excluding hydrogens is 322 g/mol. The van der Waals surface area contributed by atoms with Gasteiger partial charge >= 0.3 is 5.97 Å². The van der Waals surface area contributed by atoms with E-state index in [0.29, 0.717) is 44.2 Å². The fourth-order valence-electron chi connectivity index (χ4n) is 2.64. The molecule has 7 heteroatoms. The van der Waals surface area contributed by atoms with Crippen molar-refractivity contribution < 1.29 is 19.4 Å². The van der Waals surface area contributed by atoms with Crippen LogP contribution in [0.3, 0.4) is 0 Å². The van der Waals surface area contributed by atoms with Crippen LogP contribution in [0.5, 0.6) is 0 Å². The van der Waals surface area contributed by atoms with Crippen LogP contribution in [0.25, 0.3) is 0 Å². The fourth-order valence-corrected chi connectivity index (χ4v) is 2.64. The Labute approximate surface area is 145 Å². The summed E-state index contributed by atoms with van der Waals surface area (Å²) in [7, 11) is 0. The molecule has 3 rings (SSSR count). The van der Waals surface area contributed by atoms with Crippen LogP contribution in [-0.4, -0.2) is 48.3 Å². The molecule has 0 unspecified atom stereocenters. The maximum absolute atomic E-state index is 12.6. The van der Waals surface area contributed by atoms with Crippen LogP contribution in [0, 0.1) is 0 Å². The van der Waals surface area contributed by atoms with Crippen LogP contribution < -0.4 is 10.2 Å². The lowest BCUT2D eigenvalue weighted by Crippen LogP contribution is -2.38. The molecule has 130 valence electrons. The maximum Gasteiger partial charge on any atom is 0.335 e. The van der Waals surface area contributed by atoms with E-state index < -0.39 is 5.97 Å². The van der Waals surface area contributed by atoms with Gasteiger partial charge in [-0.1, -0.05) is 12.1 Å². The Morgan fingerprint density at radius 2 is 1.88 bits per heavy atom. The number of aromatic carboxylic acids is 1. The molecule has 0 spiro atoms. The van der Waals surface area contributed by atoms with Gasteiger partial charge in [-0.2, -0.15) is 0 Å². The van der Waals surface area contributed by atoms with Gasteiger partial charge in [-0.15, -0.1) is 0 Å². The van der Waals surface area contributed by atoms with Gasteiger partial charge in [0.1, 0.15) is 5.82 Å². The minimum absolute atomic E-state index is 0.211. The van der Waals surface area contributed by atoms with Crippen LogP contribution in [-0.2, 0) is 11.3 Å². The third-order valence-electron chi connectivity index (χ3n) is 4.00. The molecule has 0 radical (unpaired) electrons. The largest absolute Gasteiger partial charge is 0.478 e. The molecule has 1 fully saturated rings. The molecule has 2 heterocycles. The lowest BCUT2D eigenvalue weighted by atomic mass is 10.1. The van der Waals surface area contributed by atoms with E-state index >= 15 is 0 Å². The zero-order valence-corrected chi connectivity index (χ0v) is 13.6. The van der Waals surface area contributed by atoms with E-state index in [2.05, 4.69) is 10.3 Å². The second-order valence-electron chi connectivity index (χ2n) is 5.66. The molecule has 0 atom stereocenters. The minimum Gasteiger partial charge on any atom is -0.478 e. The average molecular weight is 341 g/mol. The zero-order valence-electron chi connectivity index (χ0n) is 13.6. The smallest absolute Gasteiger partial charge is 0.335 e. The molecule has 1 aromatic heterocycles. The van der Waals surface area contributed by atoms with Gasteiger partial charge in [0.05, 0.1) is 24.3 Å². The molecule has 7 nitrogen and oxygen atoms in total. The SMILES string of the molecule is O=C(O)c1ccc(CNC(=O)c2cccnc2N2CCOCC2)cc1. The van der Waals surface area contributed by atoms with Gasteiger partial charge in [-0.3, -0.25) is 4.79 Å². The molecule has 1 aliphatic rings. The van der Waals surface area contributed by atoms with Crippen LogP contribution >= 0.6 is 0 Å². The molecule has 2 aromatic rings. The fraction of sp³-hybridized carbons (Fsp3) is 0.278. The van der Waals surface area contributed by atoms with Gasteiger partial charge in [0.25, 0.3) is 5.91 Å². The highest BCUT2D eigenvalue weighted by molar-refractivity contribution is 5.98. The Hall–Kier alpha value is -2.93. The molecule has 1 amide bonds. The summed E-state index contributed by atoms with van der Waals surface area (Å²) in [5, 5.41) is 11.8. The summed E-state index contributed by atoms with van der Waals surface area (Å²) < 4.78 is 5.34. The molecule has 1 aromatic carbocycles. The topological polar surface area (TPSA) is 91.8 Å². The summed E-state index contributed by atoms with van der Waals surface area (Å²) in [4.78, 5) is 29.8. The van der Waals surface area contributed by atoms with Gasteiger partial charge in [-0.25, -0.2) is 9.78 Å². The van der Waals surface area contributed by atoms with Gasteiger partial charge in [0.2, 0.25) is 0 Å². The Morgan fingerprint density at radius 3 is 2.56 bits per heavy atom. The molecule has 0 bridgehead atoms. The molecule has 25 heavy (non-hydrogen) atoms. The second kappa shape index (κ2) is 7.76. The van der Waals surface area contributed by atoms with Crippen molar-refractivity contribution in [3.05, 3.63) is 59.3 Å². The van der Waals surface area contributed by atoms with E-state index in [0.717, 1.165) is 5.56 Å². The number of hydrogen-bond donors (Lipinski definition) is 2. The summed E-state index contributed by atoms with van der Waals surface area (Å²) in [5.41, 5.74) is 1.57. The number of ether oxygens (including phenoxy) is 1. The predicted molar refractivity (Wildman–Crippen MR) is 91.8 cm³/mol. The summed E-state index contributed by atoms with van der Waals surface area (Å²) in [5.74, 6) is -0.525.